The number of hydrogen-bond donors (Lipinski definition) is 2. The van der Waals surface area contributed by atoms with Crippen LogP contribution in [0.4, 0.5) is 5.69 Å². The number of ether oxygens (including phenoxy) is 2. The average molecular weight is 386 g/mol. The van der Waals surface area contributed by atoms with Crippen LogP contribution in [0.15, 0.2) is 48.5 Å². The highest BCUT2D eigenvalue weighted by Gasteiger charge is 2.23. The van der Waals surface area contributed by atoms with E-state index in [1.54, 1.807) is 14.2 Å². The van der Waals surface area contributed by atoms with Gasteiger partial charge in [-0.25, -0.2) is 0 Å². The van der Waals surface area contributed by atoms with Crippen LogP contribution in [0.1, 0.15) is 24.4 Å². The molecule has 0 bridgehead atoms. The first-order valence-electron chi connectivity index (χ1n) is 9.26. The Bertz CT molecular complexity index is 745. The molecule has 1 fully saturated rings. The molecule has 1 unspecified atom stereocenters. The van der Waals surface area contributed by atoms with Gasteiger partial charge < -0.3 is 20.1 Å². The Hall–Kier alpha value is -2.31. The third kappa shape index (κ3) is 5.34. The monoisotopic (exact) mass is 385 g/mol. The molecule has 6 heteroatoms. The zero-order valence-corrected chi connectivity index (χ0v) is 16.7. The molecule has 0 radical (unpaired) electrons. The Balaban J connectivity index is 1.63. The van der Waals surface area contributed by atoms with Gasteiger partial charge in [0.15, 0.2) is 5.11 Å². The summed E-state index contributed by atoms with van der Waals surface area (Å²) in [6, 6.07) is 16.3. The summed E-state index contributed by atoms with van der Waals surface area (Å²) < 4.78 is 10.5. The SMILES string of the molecule is COc1ccc(C(CNC(=S)Nc2cccc(OC)c2)N2CCCC2)cc1. The number of thiocarbonyl (C=S) groups is 1. The number of methoxy groups -OCH3 is 2. The van der Waals surface area contributed by atoms with Crippen molar-refractivity contribution >= 4 is 23.0 Å². The molecule has 27 heavy (non-hydrogen) atoms. The Labute approximate surface area is 166 Å². The minimum Gasteiger partial charge on any atom is -0.497 e. The number of rotatable bonds is 7. The maximum atomic E-state index is 5.50. The van der Waals surface area contributed by atoms with Gasteiger partial charge in [-0.1, -0.05) is 18.2 Å². The summed E-state index contributed by atoms with van der Waals surface area (Å²) in [7, 11) is 3.35. The van der Waals surface area contributed by atoms with Crippen molar-refractivity contribution in [2.75, 3.05) is 39.2 Å². The van der Waals surface area contributed by atoms with E-state index >= 15 is 0 Å². The maximum Gasteiger partial charge on any atom is 0.170 e. The van der Waals surface area contributed by atoms with E-state index in [9.17, 15) is 0 Å². The largest absolute Gasteiger partial charge is 0.497 e. The van der Waals surface area contributed by atoms with Crippen molar-refractivity contribution in [1.82, 2.24) is 10.2 Å². The number of nitrogens with one attached hydrogen (secondary N) is 2. The molecule has 5 nitrogen and oxygen atoms in total. The molecule has 1 saturated heterocycles. The first-order valence-corrected chi connectivity index (χ1v) is 9.67. The van der Waals surface area contributed by atoms with Crippen molar-refractivity contribution in [3.8, 4) is 11.5 Å². The summed E-state index contributed by atoms with van der Waals surface area (Å²) in [5, 5.41) is 7.23. The quantitative estimate of drug-likeness (QED) is 0.707. The summed E-state index contributed by atoms with van der Waals surface area (Å²) >= 11 is 5.50. The summed E-state index contributed by atoms with van der Waals surface area (Å²) in [4.78, 5) is 2.52. The molecule has 144 valence electrons. The van der Waals surface area contributed by atoms with Crippen molar-refractivity contribution in [3.63, 3.8) is 0 Å². The van der Waals surface area contributed by atoms with Crippen LogP contribution < -0.4 is 20.1 Å². The zero-order chi connectivity index (χ0) is 19.1. The van der Waals surface area contributed by atoms with E-state index in [0.717, 1.165) is 36.8 Å². The summed E-state index contributed by atoms with van der Waals surface area (Å²) in [6.07, 6.45) is 2.50. The fourth-order valence-corrected chi connectivity index (χ4v) is 3.60. The van der Waals surface area contributed by atoms with E-state index in [2.05, 4.69) is 27.7 Å². The van der Waals surface area contributed by atoms with E-state index < -0.39 is 0 Å². The van der Waals surface area contributed by atoms with Crippen LogP contribution in [-0.4, -0.2) is 43.9 Å². The lowest BCUT2D eigenvalue weighted by molar-refractivity contribution is 0.246. The van der Waals surface area contributed by atoms with Gasteiger partial charge in [0.1, 0.15) is 11.5 Å². The normalized spacial score (nSPS) is 15.2. The summed E-state index contributed by atoms with van der Waals surface area (Å²) in [6.45, 7) is 2.99. The highest BCUT2D eigenvalue weighted by atomic mass is 32.1. The minimum atomic E-state index is 0.281. The standard InChI is InChI=1S/C21H27N3O2S/c1-25-18-10-8-16(9-11-18)20(24-12-3-4-13-24)15-22-21(27)23-17-6-5-7-19(14-17)26-2/h5-11,14,20H,3-4,12-13,15H2,1-2H3,(H2,22,23,27). The van der Waals surface area contributed by atoms with Gasteiger partial charge in [-0.3, -0.25) is 4.90 Å². The van der Waals surface area contributed by atoms with E-state index in [1.807, 2.05) is 36.4 Å². The Kier molecular flexibility index (Phi) is 6.90. The van der Waals surface area contributed by atoms with Crippen molar-refractivity contribution in [2.24, 2.45) is 0 Å². The molecule has 0 aromatic heterocycles. The zero-order valence-electron chi connectivity index (χ0n) is 15.9. The summed E-state index contributed by atoms with van der Waals surface area (Å²) in [5.41, 5.74) is 2.18. The van der Waals surface area contributed by atoms with Crippen LogP contribution in [0.2, 0.25) is 0 Å². The molecule has 2 N–H and O–H groups in total. The highest BCUT2D eigenvalue weighted by Crippen LogP contribution is 2.26. The topological polar surface area (TPSA) is 45.8 Å². The third-order valence-electron chi connectivity index (χ3n) is 4.87. The fourth-order valence-electron chi connectivity index (χ4n) is 3.40. The Morgan fingerprint density at radius 1 is 1.04 bits per heavy atom. The van der Waals surface area contributed by atoms with Crippen LogP contribution in [0.3, 0.4) is 0 Å². The van der Waals surface area contributed by atoms with Gasteiger partial charge in [-0.05, 0) is 68.0 Å². The molecule has 0 aliphatic carbocycles. The lowest BCUT2D eigenvalue weighted by Crippen LogP contribution is -2.38. The summed E-state index contributed by atoms with van der Waals surface area (Å²) in [5.74, 6) is 1.68. The van der Waals surface area contributed by atoms with Crippen LogP contribution in [0, 0.1) is 0 Å². The van der Waals surface area contributed by atoms with Crippen molar-refractivity contribution in [1.29, 1.82) is 0 Å². The lowest BCUT2D eigenvalue weighted by atomic mass is 10.1. The van der Waals surface area contributed by atoms with Crippen molar-refractivity contribution in [2.45, 2.75) is 18.9 Å². The lowest BCUT2D eigenvalue weighted by Gasteiger charge is -2.29. The van der Waals surface area contributed by atoms with Gasteiger partial charge in [0.05, 0.1) is 20.3 Å². The highest BCUT2D eigenvalue weighted by molar-refractivity contribution is 7.80. The first kappa shape index (κ1) is 19.5. The van der Waals surface area contributed by atoms with Crippen LogP contribution in [0.25, 0.3) is 0 Å². The first-order chi connectivity index (χ1) is 13.2. The minimum absolute atomic E-state index is 0.281. The maximum absolute atomic E-state index is 5.50. The number of anilines is 1. The Morgan fingerprint density at radius 3 is 2.41 bits per heavy atom. The van der Waals surface area contributed by atoms with Crippen molar-refractivity contribution < 1.29 is 9.47 Å². The number of hydrogen-bond acceptors (Lipinski definition) is 4. The molecule has 1 atom stereocenters. The molecule has 0 saturated carbocycles. The molecule has 0 spiro atoms. The molecule has 2 aromatic rings. The predicted octanol–water partition coefficient (Wildman–Crippen LogP) is 3.83. The second kappa shape index (κ2) is 9.58. The molecular formula is C21H27N3O2S. The van der Waals surface area contributed by atoms with Gasteiger partial charge in [-0.15, -0.1) is 0 Å². The van der Waals surface area contributed by atoms with Crippen molar-refractivity contribution in [3.05, 3.63) is 54.1 Å². The predicted molar refractivity (Wildman–Crippen MR) is 114 cm³/mol. The molecule has 0 amide bonds. The molecule has 1 aliphatic heterocycles. The van der Waals surface area contributed by atoms with Crippen LogP contribution in [0.5, 0.6) is 11.5 Å². The van der Waals surface area contributed by atoms with Crippen LogP contribution in [-0.2, 0) is 0 Å². The molecule has 1 aliphatic rings. The average Bonchev–Trinajstić information content (AvgIpc) is 3.23. The molecule has 2 aromatic carbocycles. The molecular weight excluding hydrogens is 358 g/mol. The van der Waals surface area contributed by atoms with Gasteiger partial charge in [0, 0.05) is 18.3 Å². The van der Waals surface area contributed by atoms with E-state index in [0.29, 0.717) is 5.11 Å². The van der Waals surface area contributed by atoms with Gasteiger partial charge in [0.2, 0.25) is 0 Å². The Morgan fingerprint density at radius 2 is 1.74 bits per heavy atom. The number of benzene rings is 2. The number of nitrogens with zero attached hydrogens (tertiary/aromatic N) is 1. The van der Waals surface area contributed by atoms with E-state index in [1.165, 1.54) is 18.4 Å². The van der Waals surface area contributed by atoms with Gasteiger partial charge >= 0.3 is 0 Å². The third-order valence-corrected chi connectivity index (χ3v) is 5.11. The molecule has 3 rings (SSSR count). The second-order valence-electron chi connectivity index (χ2n) is 6.60. The smallest absolute Gasteiger partial charge is 0.170 e. The van der Waals surface area contributed by atoms with Gasteiger partial charge in [-0.2, -0.15) is 0 Å². The second-order valence-corrected chi connectivity index (χ2v) is 7.01. The number of likely N-dealkylation sites (tertiary alicyclic amines) is 1. The molecule has 1 heterocycles. The van der Waals surface area contributed by atoms with E-state index in [4.69, 9.17) is 21.7 Å². The fraction of sp³-hybridized carbons (Fsp3) is 0.381. The van der Waals surface area contributed by atoms with Gasteiger partial charge in [0.25, 0.3) is 0 Å². The van der Waals surface area contributed by atoms with E-state index in [-0.39, 0.29) is 6.04 Å². The van der Waals surface area contributed by atoms with Crippen LogP contribution >= 0.6 is 12.2 Å².